The molecule has 6 heteroatoms. The lowest BCUT2D eigenvalue weighted by molar-refractivity contribution is -0.137. The van der Waals surface area contributed by atoms with Gasteiger partial charge < -0.3 is 19.9 Å². The first-order valence-corrected chi connectivity index (χ1v) is 7.01. The normalized spacial score (nSPS) is 10.9. The van der Waals surface area contributed by atoms with Crippen molar-refractivity contribution in [2.45, 2.75) is 38.6 Å². The summed E-state index contributed by atoms with van der Waals surface area (Å²) in [5, 5.41) is 11.6. The number of rotatable bonds is 8. The van der Waals surface area contributed by atoms with Crippen molar-refractivity contribution in [3.63, 3.8) is 0 Å². The smallest absolute Gasteiger partial charge is 0.303 e. The Hall–Kier alpha value is -2.24. The molecule has 2 N–H and O–H groups in total. The van der Waals surface area contributed by atoms with Gasteiger partial charge in [-0.25, -0.2) is 0 Å². The predicted molar refractivity (Wildman–Crippen MR) is 82.3 cm³/mol. The van der Waals surface area contributed by atoms with Gasteiger partial charge in [-0.3, -0.25) is 9.59 Å². The molecule has 1 aromatic carbocycles. The number of hydrogen-bond acceptors (Lipinski definition) is 4. The zero-order chi connectivity index (χ0) is 16.8. The van der Waals surface area contributed by atoms with Crippen molar-refractivity contribution >= 4 is 11.9 Å². The summed E-state index contributed by atoms with van der Waals surface area (Å²) in [4.78, 5) is 22.7. The lowest BCUT2D eigenvalue weighted by atomic mass is 9.98. The largest absolute Gasteiger partial charge is 0.493 e. The van der Waals surface area contributed by atoms with Gasteiger partial charge in [-0.1, -0.05) is 6.07 Å². The van der Waals surface area contributed by atoms with Crippen LogP contribution in [0.1, 0.15) is 32.3 Å². The Morgan fingerprint density at radius 2 is 1.82 bits per heavy atom. The number of methoxy groups -OCH3 is 2. The second-order valence-corrected chi connectivity index (χ2v) is 5.69. The summed E-state index contributed by atoms with van der Waals surface area (Å²) in [5.74, 6) is 0.135. The van der Waals surface area contributed by atoms with Crippen molar-refractivity contribution in [2.24, 2.45) is 0 Å². The molecule has 122 valence electrons. The fourth-order valence-electron chi connectivity index (χ4n) is 2.08. The lowest BCUT2D eigenvalue weighted by Gasteiger charge is -2.25. The monoisotopic (exact) mass is 309 g/mol. The number of benzene rings is 1. The molecule has 0 aliphatic heterocycles. The van der Waals surface area contributed by atoms with Gasteiger partial charge >= 0.3 is 5.97 Å². The summed E-state index contributed by atoms with van der Waals surface area (Å²) in [5.41, 5.74) is 0.232. The minimum atomic E-state index is -0.873. The zero-order valence-corrected chi connectivity index (χ0v) is 13.4. The molecule has 0 aliphatic rings. The van der Waals surface area contributed by atoms with E-state index in [2.05, 4.69) is 5.32 Å². The van der Waals surface area contributed by atoms with Crippen LogP contribution in [0.2, 0.25) is 0 Å². The molecule has 0 bridgehead atoms. The van der Waals surface area contributed by atoms with Crippen LogP contribution in [0.5, 0.6) is 11.5 Å². The number of amides is 1. The first-order valence-electron chi connectivity index (χ1n) is 7.01. The van der Waals surface area contributed by atoms with Gasteiger partial charge in [-0.05, 0) is 38.0 Å². The highest BCUT2D eigenvalue weighted by molar-refractivity contribution is 5.79. The molecule has 1 aromatic rings. The third kappa shape index (κ3) is 5.63. The van der Waals surface area contributed by atoms with Crippen LogP contribution in [0.4, 0.5) is 0 Å². The molecule has 0 saturated carbocycles. The van der Waals surface area contributed by atoms with E-state index in [9.17, 15) is 9.59 Å². The van der Waals surface area contributed by atoms with E-state index in [1.165, 1.54) is 7.11 Å². The Balaban J connectivity index is 2.66. The van der Waals surface area contributed by atoms with E-state index in [1.807, 2.05) is 13.8 Å². The molecule has 0 spiro atoms. The van der Waals surface area contributed by atoms with E-state index in [-0.39, 0.29) is 18.7 Å². The number of carbonyl (C=O) groups is 2. The Morgan fingerprint density at radius 1 is 1.18 bits per heavy atom. The van der Waals surface area contributed by atoms with Crippen LogP contribution >= 0.6 is 0 Å². The fraction of sp³-hybridized carbons (Fsp3) is 0.500. The maximum atomic E-state index is 12.1. The Morgan fingerprint density at radius 3 is 2.36 bits per heavy atom. The molecule has 0 aliphatic carbocycles. The van der Waals surface area contributed by atoms with E-state index in [0.717, 1.165) is 5.56 Å². The maximum Gasteiger partial charge on any atom is 0.303 e. The number of aliphatic carboxylic acids is 1. The van der Waals surface area contributed by atoms with Crippen LogP contribution in [0, 0.1) is 0 Å². The molecule has 1 rings (SSSR count). The molecule has 0 atom stereocenters. The van der Waals surface area contributed by atoms with Gasteiger partial charge in [0.05, 0.1) is 20.6 Å². The Bertz CT molecular complexity index is 539. The molecule has 0 heterocycles. The van der Waals surface area contributed by atoms with Gasteiger partial charge in [-0.15, -0.1) is 0 Å². The molecule has 1 amide bonds. The molecular weight excluding hydrogens is 286 g/mol. The number of carbonyl (C=O) groups excluding carboxylic acids is 1. The highest BCUT2D eigenvalue weighted by Gasteiger charge is 2.21. The molecule has 0 radical (unpaired) electrons. The number of nitrogens with one attached hydrogen (secondary N) is 1. The van der Waals surface area contributed by atoms with Crippen molar-refractivity contribution < 1.29 is 24.2 Å². The number of carboxylic acids is 1. The predicted octanol–water partition coefficient (Wildman–Crippen LogP) is 2.01. The minimum absolute atomic E-state index is 0.0175. The van der Waals surface area contributed by atoms with Crippen molar-refractivity contribution in [1.29, 1.82) is 0 Å². The van der Waals surface area contributed by atoms with E-state index in [4.69, 9.17) is 14.6 Å². The molecule has 6 nitrogen and oxygen atoms in total. The summed E-state index contributed by atoms with van der Waals surface area (Å²) in [6.45, 7) is 3.62. The van der Waals surface area contributed by atoms with Gasteiger partial charge in [0.15, 0.2) is 11.5 Å². The third-order valence-corrected chi connectivity index (χ3v) is 3.25. The molecule has 0 saturated heterocycles. The van der Waals surface area contributed by atoms with Gasteiger partial charge in [0.1, 0.15) is 0 Å². The van der Waals surface area contributed by atoms with Gasteiger partial charge in [-0.2, -0.15) is 0 Å². The standard InChI is InChI=1S/C16H23NO5/c1-16(2,8-7-15(19)20)17-14(18)10-11-5-6-12(21-3)13(9-11)22-4/h5-6,9H,7-8,10H2,1-4H3,(H,17,18)(H,19,20). The van der Waals surface area contributed by atoms with E-state index < -0.39 is 11.5 Å². The first-order chi connectivity index (χ1) is 10.3. The topological polar surface area (TPSA) is 84.9 Å². The molecule has 0 unspecified atom stereocenters. The third-order valence-electron chi connectivity index (χ3n) is 3.25. The quantitative estimate of drug-likeness (QED) is 0.767. The summed E-state index contributed by atoms with van der Waals surface area (Å²) < 4.78 is 10.4. The first kappa shape index (κ1) is 17.8. The molecular formula is C16H23NO5. The number of carboxylic acid groups (broad SMARTS) is 1. The Labute approximate surface area is 130 Å². The molecule has 0 aromatic heterocycles. The van der Waals surface area contributed by atoms with Crippen LogP contribution < -0.4 is 14.8 Å². The van der Waals surface area contributed by atoms with Crippen molar-refractivity contribution in [3.05, 3.63) is 23.8 Å². The van der Waals surface area contributed by atoms with Crippen LogP contribution in [0.25, 0.3) is 0 Å². The summed E-state index contributed by atoms with van der Waals surface area (Å²) in [7, 11) is 3.09. The maximum absolute atomic E-state index is 12.1. The highest BCUT2D eigenvalue weighted by atomic mass is 16.5. The van der Waals surface area contributed by atoms with E-state index >= 15 is 0 Å². The second kappa shape index (κ2) is 7.68. The number of hydrogen-bond donors (Lipinski definition) is 2. The average molecular weight is 309 g/mol. The van der Waals surface area contributed by atoms with Crippen molar-refractivity contribution in [1.82, 2.24) is 5.32 Å². The molecule has 22 heavy (non-hydrogen) atoms. The van der Waals surface area contributed by atoms with Crippen LogP contribution in [0.15, 0.2) is 18.2 Å². The van der Waals surface area contributed by atoms with E-state index in [1.54, 1.807) is 25.3 Å². The Kier molecular flexibility index (Phi) is 6.22. The summed E-state index contributed by atoms with van der Waals surface area (Å²) in [6, 6.07) is 5.30. The van der Waals surface area contributed by atoms with Gasteiger partial charge in [0.2, 0.25) is 5.91 Å². The van der Waals surface area contributed by atoms with Crippen LogP contribution in [-0.4, -0.2) is 36.7 Å². The SMILES string of the molecule is COc1ccc(CC(=O)NC(C)(C)CCC(=O)O)cc1OC. The highest BCUT2D eigenvalue weighted by Crippen LogP contribution is 2.27. The van der Waals surface area contributed by atoms with Crippen molar-refractivity contribution in [2.75, 3.05) is 14.2 Å². The second-order valence-electron chi connectivity index (χ2n) is 5.69. The minimum Gasteiger partial charge on any atom is -0.493 e. The summed E-state index contributed by atoms with van der Waals surface area (Å²) >= 11 is 0. The summed E-state index contributed by atoms with van der Waals surface area (Å²) in [6.07, 6.45) is 0.584. The van der Waals surface area contributed by atoms with Gasteiger partial charge in [0.25, 0.3) is 0 Å². The zero-order valence-electron chi connectivity index (χ0n) is 13.4. The lowest BCUT2D eigenvalue weighted by Crippen LogP contribution is -2.44. The molecule has 0 fully saturated rings. The van der Waals surface area contributed by atoms with Crippen LogP contribution in [0.3, 0.4) is 0 Å². The average Bonchev–Trinajstić information content (AvgIpc) is 2.44. The van der Waals surface area contributed by atoms with E-state index in [0.29, 0.717) is 17.9 Å². The van der Waals surface area contributed by atoms with Crippen LogP contribution in [-0.2, 0) is 16.0 Å². The number of ether oxygens (including phenoxy) is 2. The van der Waals surface area contributed by atoms with Gasteiger partial charge in [0, 0.05) is 12.0 Å². The fourth-order valence-corrected chi connectivity index (χ4v) is 2.08. The van der Waals surface area contributed by atoms with Crippen molar-refractivity contribution in [3.8, 4) is 11.5 Å².